The predicted octanol–water partition coefficient (Wildman–Crippen LogP) is 4.49. The second kappa shape index (κ2) is 7.25. The number of fused-ring (bicyclic) bond motifs is 1. The molecule has 0 bridgehead atoms. The molecule has 138 valence electrons. The van der Waals surface area contributed by atoms with Gasteiger partial charge in [0.1, 0.15) is 17.2 Å². The molecule has 0 amide bonds. The maximum Gasteiger partial charge on any atom is 0.422 e. The summed E-state index contributed by atoms with van der Waals surface area (Å²) in [6.07, 6.45) is -1.95. The van der Waals surface area contributed by atoms with Crippen LogP contribution in [0.25, 0.3) is 0 Å². The molecule has 1 aliphatic rings. The Balaban J connectivity index is 1.76. The molecular weight excluding hydrogens is 369 g/mol. The maximum absolute atomic E-state index is 12.2. The lowest BCUT2D eigenvalue weighted by molar-refractivity contribution is -0.153. The van der Waals surface area contributed by atoms with E-state index in [1.807, 2.05) is 11.8 Å². The molecule has 1 aromatic carbocycles. The molecule has 2 atom stereocenters. The molecule has 0 N–H and O–H groups in total. The molecule has 0 aliphatic carbocycles. The number of aldehydes is 1. The molecule has 2 heterocycles. The van der Waals surface area contributed by atoms with Crippen LogP contribution in [0, 0.1) is 0 Å². The van der Waals surface area contributed by atoms with Crippen LogP contribution >= 0.6 is 11.6 Å². The third kappa shape index (κ3) is 3.83. The van der Waals surface area contributed by atoms with Crippen molar-refractivity contribution < 1.29 is 22.7 Å². The van der Waals surface area contributed by atoms with Crippen LogP contribution in [0.1, 0.15) is 35.7 Å². The van der Waals surface area contributed by atoms with Crippen LogP contribution in [0.5, 0.6) is 5.75 Å². The summed E-state index contributed by atoms with van der Waals surface area (Å²) in [4.78, 5) is 17.7. The minimum absolute atomic E-state index is 0.141. The summed E-state index contributed by atoms with van der Waals surface area (Å²) in [5, 5.41) is 0.375. The zero-order valence-electron chi connectivity index (χ0n) is 13.8. The predicted molar refractivity (Wildman–Crippen MR) is 90.0 cm³/mol. The van der Waals surface area contributed by atoms with Crippen molar-refractivity contribution in [2.45, 2.75) is 31.7 Å². The summed E-state index contributed by atoms with van der Waals surface area (Å²) >= 11 is 6.14. The van der Waals surface area contributed by atoms with Crippen molar-refractivity contribution in [3.05, 3.63) is 58.4 Å². The Morgan fingerprint density at radius 1 is 1.35 bits per heavy atom. The van der Waals surface area contributed by atoms with Gasteiger partial charge in [-0.2, -0.15) is 13.2 Å². The SMILES string of the molecule is CC(c1ccc(OCC(F)(F)F)cc1)N1Cc2c(ccnc2Cl)C1C=O. The molecule has 0 spiro atoms. The Bertz CT molecular complexity index is 796. The molecule has 26 heavy (non-hydrogen) atoms. The quantitative estimate of drug-likeness (QED) is 0.562. The Labute approximate surface area is 153 Å². The molecule has 3 rings (SSSR count). The lowest BCUT2D eigenvalue weighted by Crippen LogP contribution is -2.26. The van der Waals surface area contributed by atoms with Gasteiger partial charge in [0.25, 0.3) is 0 Å². The largest absolute Gasteiger partial charge is 0.484 e. The number of nitrogens with zero attached hydrogens (tertiary/aromatic N) is 2. The number of rotatable bonds is 5. The van der Waals surface area contributed by atoms with Crippen LogP contribution < -0.4 is 4.74 Å². The second-order valence-electron chi connectivity index (χ2n) is 6.07. The summed E-state index contributed by atoms with van der Waals surface area (Å²) in [6.45, 7) is 1.07. The molecule has 1 aromatic heterocycles. The summed E-state index contributed by atoms with van der Waals surface area (Å²) in [5.74, 6) is 0.141. The van der Waals surface area contributed by atoms with Gasteiger partial charge in [-0.3, -0.25) is 4.90 Å². The van der Waals surface area contributed by atoms with Crippen LogP contribution in [0.15, 0.2) is 36.5 Å². The highest BCUT2D eigenvalue weighted by Gasteiger charge is 2.35. The highest BCUT2D eigenvalue weighted by atomic mass is 35.5. The monoisotopic (exact) mass is 384 g/mol. The number of aromatic nitrogens is 1. The number of hydrogen-bond donors (Lipinski definition) is 0. The fourth-order valence-electron chi connectivity index (χ4n) is 3.10. The van der Waals surface area contributed by atoms with Gasteiger partial charge in [0.2, 0.25) is 0 Å². The lowest BCUT2D eigenvalue weighted by atomic mass is 10.0. The van der Waals surface area contributed by atoms with Crippen molar-refractivity contribution in [3.63, 3.8) is 0 Å². The molecule has 0 saturated carbocycles. The fraction of sp³-hybridized carbons (Fsp3) is 0.333. The van der Waals surface area contributed by atoms with E-state index in [0.717, 1.165) is 23.0 Å². The molecular formula is C18H16ClF3N2O2. The molecule has 0 fully saturated rings. The zero-order valence-corrected chi connectivity index (χ0v) is 14.6. The maximum atomic E-state index is 12.2. The Morgan fingerprint density at radius 2 is 2.04 bits per heavy atom. The van der Waals surface area contributed by atoms with E-state index in [-0.39, 0.29) is 11.8 Å². The third-order valence-electron chi connectivity index (χ3n) is 4.45. The van der Waals surface area contributed by atoms with Crippen molar-refractivity contribution in [2.75, 3.05) is 6.61 Å². The molecule has 2 aromatic rings. The van der Waals surface area contributed by atoms with E-state index in [0.29, 0.717) is 11.7 Å². The van der Waals surface area contributed by atoms with Crippen LogP contribution in [-0.4, -0.2) is 29.0 Å². The van der Waals surface area contributed by atoms with E-state index >= 15 is 0 Å². The van der Waals surface area contributed by atoms with Gasteiger partial charge in [0.05, 0.1) is 6.04 Å². The highest BCUT2D eigenvalue weighted by Crippen LogP contribution is 2.40. The molecule has 8 heteroatoms. The molecule has 4 nitrogen and oxygen atoms in total. The summed E-state index contributed by atoms with van der Waals surface area (Å²) in [5.41, 5.74) is 2.51. The van der Waals surface area contributed by atoms with Gasteiger partial charge in [0, 0.05) is 24.3 Å². The van der Waals surface area contributed by atoms with Crippen LogP contribution in [0.3, 0.4) is 0 Å². The van der Waals surface area contributed by atoms with E-state index in [4.69, 9.17) is 16.3 Å². The van der Waals surface area contributed by atoms with Gasteiger partial charge >= 0.3 is 6.18 Å². The number of ether oxygens (including phenoxy) is 1. The summed E-state index contributed by atoms with van der Waals surface area (Å²) in [7, 11) is 0. The normalized spacial score (nSPS) is 18.4. The number of pyridine rings is 1. The second-order valence-corrected chi connectivity index (χ2v) is 6.43. The Hall–Kier alpha value is -2.12. The first-order chi connectivity index (χ1) is 12.3. The smallest absolute Gasteiger partial charge is 0.422 e. The lowest BCUT2D eigenvalue weighted by Gasteiger charge is -2.28. The number of carbonyl (C=O) groups excluding carboxylic acids is 1. The first-order valence-electron chi connectivity index (χ1n) is 7.94. The standard InChI is InChI=1S/C18H16ClF3N2O2/c1-11(12-2-4-13(5-3-12)26-10-18(20,21)22)24-8-15-14(16(24)9-25)6-7-23-17(15)19/h2-7,9,11,16H,8,10H2,1H3. The van der Waals surface area contributed by atoms with Gasteiger partial charge in [-0.1, -0.05) is 23.7 Å². The van der Waals surface area contributed by atoms with Crippen molar-refractivity contribution in [2.24, 2.45) is 0 Å². The van der Waals surface area contributed by atoms with Gasteiger partial charge in [-0.25, -0.2) is 4.98 Å². The average Bonchev–Trinajstić information content (AvgIpc) is 2.99. The molecule has 1 aliphatic heterocycles. The topological polar surface area (TPSA) is 42.4 Å². The molecule has 2 unspecified atom stereocenters. The van der Waals surface area contributed by atoms with Gasteiger partial charge in [-0.05, 0) is 36.2 Å². The van der Waals surface area contributed by atoms with Crippen LogP contribution in [0.2, 0.25) is 5.15 Å². The average molecular weight is 385 g/mol. The third-order valence-corrected chi connectivity index (χ3v) is 4.77. The van der Waals surface area contributed by atoms with E-state index in [1.54, 1.807) is 24.4 Å². The van der Waals surface area contributed by atoms with Gasteiger partial charge in [0.15, 0.2) is 6.61 Å². The Morgan fingerprint density at radius 3 is 2.65 bits per heavy atom. The Kier molecular flexibility index (Phi) is 5.20. The molecule has 0 radical (unpaired) electrons. The minimum Gasteiger partial charge on any atom is -0.484 e. The van der Waals surface area contributed by atoms with Gasteiger partial charge < -0.3 is 9.53 Å². The molecule has 0 saturated heterocycles. The number of carbonyl (C=O) groups is 1. The first kappa shape index (κ1) is 18.7. The van der Waals surface area contributed by atoms with E-state index < -0.39 is 18.8 Å². The van der Waals surface area contributed by atoms with Crippen molar-refractivity contribution in [1.82, 2.24) is 9.88 Å². The van der Waals surface area contributed by atoms with Gasteiger partial charge in [-0.15, -0.1) is 0 Å². The first-order valence-corrected chi connectivity index (χ1v) is 8.32. The number of hydrogen-bond acceptors (Lipinski definition) is 4. The van der Waals surface area contributed by atoms with Crippen molar-refractivity contribution in [3.8, 4) is 5.75 Å². The van der Waals surface area contributed by atoms with Crippen molar-refractivity contribution in [1.29, 1.82) is 0 Å². The van der Waals surface area contributed by atoms with Crippen molar-refractivity contribution >= 4 is 17.9 Å². The zero-order chi connectivity index (χ0) is 18.9. The van der Waals surface area contributed by atoms with E-state index in [1.165, 1.54) is 12.1 Å². The highest BCUT2D eigenvalue weighted by molar-refractivity contribution is 6.30. The van der Waals surface area contributed by atoms with Crippen LogP contribution in [0.4, 0.5) is 13.2 Å². The van der Waals surface area contributed by atoms with E-state index in [2.05, 4.69) is 4.98 Å². The minimum atomic E-state index is -4.38. The summed E-state index contributed by atoms with van der Waals surface area (Å²) in [6, 6.07) is 7.56. The fourth-order valence-corrected chi connectivity index (χ4v) is 3.33. The summed E-state index contributed by atoms with van der Waals surface area (Å²) < 4.78 is 41.4. The number of benzene rings is 1. The van der Waals surface area contributed by atoms with E-state index in [9.17, 15) is 18.0 Å². The number of alkyl halides is 3. The van der Waals surface area contributed by atoms with Crippen LogP contribution in [-0.2, 0) is 11.3 Å². The number of halogens is 4.